The number of imidazole rings is 2. The molecule has 3 aromatic heterocycles. The number of hydrogen-bond acceptors (Lipinski definition) is 4. The molecule has 0 saturated heterocycles. The molecule has 29 heavy (non-hydrogen) atoms. The number of pyridine rings is 1. The molecule has 7 heteroatoms. The van der Waals surface area contributed by atoms with Crippen LogP contribution in [-0.2, 0) is 12.8 Å². The number of nitrogens with two attached hydrogens (primary N) is 1. The lowest BCUT2D eigenvalue weighted by Gasteiger charge is -2.08. The third-order valence-electron chi connectivity index (χ3n) is 4.98. The molecule has 7 nitrogen and oxygen atoms in total. The Labute approximate surface area is 166 Å². The summed E-state index contributed by atoms with van der Waals surface area (Å²) < 4.78 is 2.17. The Morgan fingerprint density at radius 3 is 2.62 bits per heavy atom. The zero-order chi connectivity index (χ0) is 19.8. The summed E-state index contributed by atoms with van der Waals surface area (Å²) in [5.41, 5.74) is 11.1. The molecular formula is C22H19N7. The topological polar surface area (TPSA) is 109 Å². The van der Waals surface area contributed by atoms with Crippen molar-refractivity contribution in [2.45, 2.75) is 12.8 Å². The normalized spacial score (nSPS) is 11.3. The Balaban J connectivity index is 1.49. The number of para-hydroxylation sites is 2. The standard InChI is InChI=1S/C22H19N7/c23-22(24)14-5-6-16-18(13-14)27-20(26-16)7-8-21-28-17-3-1-2-4-19(17)29(21)15-9-11-25-12-10-15/h1-6,9-13H,7-8H2,(H3,23,24)(H,26,27). The molecule has 3 heterocycles. The van der Waals surface area contributed by atoms with Gasteiger partial charge in [-0.15, -0.1) is 0 Å². The molecule has 5 rings (SSSR count). The first-order valence-electron chi connectivity index (χ1n) is 9.39. The molecule has 0 radical (unpaired) electrons. The molecule has 4 N–H and O–H groups in total. The maximum absolute atomic E-state index is 7.59. The van der Waals surface area contributed by atoms with Gasteiger partial charge in [-0.2, -0.15) is 0 Å². The number of H-pyrrole nitrogens is 1. The zero-order valence-corrected chi connectivity index (χ0v) is 15.6. The van der Waals surface area contributed by atoms with Crippen LogP contribution in [-0.4, -0.2) is 30.3 Å². The summed E-state index contributed by atoms with van der Waals surface area (Å²) in [6.45, 7) is 0. The molecule has 2 aromatic carbocycles. The van der Waals surface area contributed by atoms with E-state index in [0.717, 1.165) is 52.2 Å². The van der Waals surface area contributed by atoms with Crippen LogP contribution in [0.3, 0.4) is 0 Å². The zero-order valence-electron chi connectivity index (χ0n) is 15.6. The van der Waals surface area contributed by atoms with Crippen molar-refractivity contribution in [3.8, 4) is 5.69 Å². The van der Waals surface area contributed by atoms with Gasteiger partial charge in [-0.05, 0) is 42.5 Å². The SMILES string of the molecule is N=C(N)c1ccc2[nH]c(CCc3nc4ccccc4n3-c3ccncc3)nc2c1. The second-order valence-corrected chi connectivity index (χ2v) is 6.89. The van der Waals surface area contributed by atoms with Gasteiger partial charge in [0.1, 0.15) is 17.5 Å². The number of aromatic nitrogens is 5. The fraction of sp³-hybridized carbons (Fsp3) is 0.0909. The molecular weight excluding hydrogens is 362 g/mol. The van der Waals surface area contributed by atoms with Crippen molar-refractivity contribution in [1.29, 1.82) is 5.41 Å². The summed E-state index contributed by atoms with van der Waals surface area (Å²) in [6.07, 6.45) is 5.04. The molecule has 0 unspecified atom stereocenters. The van der Waals surface area contributed by atoms with Crippen LogP contribution in [0.25, 0.3) is 27.8 Å². The summed E-state index contributed by atoms with van der Waals surface area (Å²) in [5.74, 6) is 1.90. The van der Waals surface area contributed by atoms with E-state index in [1.54, 1.807) is 12.4 Å². The Morgan fingerprint density at radius 2 is 1.79 bits per heavy atom. The van der Waals surface area contributed by atoms with Gasteiger partial charge < -0.3 is 10.7 Å². The largest absolute Gasteiger partial charge is 0.384 e. The number of aryl methyl sites for hydroxylation is 2. The van der Waals surface area contributed by atoms with Gasteiger partial charge in [-0.1, -0.05) is 12.1 Å². The molecule has 142 valence electrons. The van der Waals surface area contributed by atoms with Gasteiger partial charge >= 0.3 is 0 Å². The Kier molecular flexibility index (Phi) is 4.05. The van der Waals surface area contributed by atoms with Gasteiger partial charge in [0.05, 0.1) is 27.8 Å². The van der Waals surface area contributed by atoms with Crippen molar-refractivity contribution in [3.63, 3.8) is 0 Å². The minimum atomic E-state index is 0.0440. The second kappa shape index (κ2) is 6.87. The Hall–Kier alpha value is -4.00. The lowest BCUT2D eigenvalue weighted by molar-refractivity contribution is 0.808. The van der Waals surface area contributed by atoms with Gasteiger partial charge in [0.25, 0.3) is 0 Å². The first kappa shape index (κ1) is 17.1. The van der Waals surface area contributed by atoms with Crippen LogP contribution in [0.5, 0.6) is 0 Å². The molecule has 0 amide bonds. The van der Waals surface area contributed by atoms with Crippen LogP contribution < -0.4 is 5.73 Å². The first-order chi connectivity index (χ1) is 14.2. The fourth-order valence-corrected chi connectivity index (χ4v) is 3.60. The summed E-state index contributed by atoms with van der Waals surface area (Å²) in [6, 6.07) is 17.7. The van der Waals surface area contributed by atoms with E-state index >= 15 is 0 Å². The van der Waals surface area contributed by atoms with E-state index in [0.29, 0.717) is 5.56 Å². The van der Waals surface area contributed by atoms with Crippen LogP contribution in [0.15, 0.2) is 67.0 Å². The van der Waals surface area contributed by atoms with Crippen LogP contribution >= 0.6 is 0 Å². The van der Waals surface area contributed by atoms with Crippen LogP contribution in [0.4, 0.5) is 0 Å². The van der Waals surface area contributed by atoms with Gasteiger partial charge in [0.2, 0.25) is 0 Å². The molecule has 0 aliphatic carbocycles. The maximum atomic E-state index is 7.59. The predicted octanol–water partition coefficient (Wildman–Crippen LogP) is 3.37. The van der Waals surface area contributed by atoms with Gasteiger partial charge in [0.15, 0.2) is 0 Å². The molecule has 0 aliphatic heterocycles. The molecule has 0 fully saturated rings. The highest BCUT2D eigenvalue weighted by Crippen LogP contribution is 2.22. The van der Waals surface area contributed by atoms with Crippen molar-refractivity contribution in [1.82, 2.24) is 24.5 Å². The monoisotopic (exact) mass is 381 g/mol. The van der Waals surface area contributed by atoms with Crippen molar-refractivity contribution in [3.05, 3.63) is 84.2 Å². The van der Waals surface area contributed by atoms with E-state index < -0.39 is 0 Å². The predicted molar refractivity (Wildman–Crippen MR) is 113 cm³/mol. The van der Waals surface area contributed by atoms with E-state index in [1.165, 1.54) is 0 Å². The molecule has 5 aromatic rings. The fourth-order valence-electron chi connectivity index (χ4n) is 3.60. The average molecular weight is 381 g/mol. The van der Waals surface area contributed by atoms with Crippen molar-refractivity contribution in [2.24, 2.45) is 5.73 Å². The minimum Gasteiger partial charge on any atom is -0.384 e. The van der Waals surface area contributed by atoms with Crippen LogP contribution in [0, 0.1) is 5.41 Å². The number of fused-ring (bicyclic) bond motifs is 2. The van der Waals surface area contributed by atoms with E-state index in [4.69, 9.17) is 16.1 Å². The van der Waals surface area contributed by atoms with Crippen LogP contribution in [0.1, 0.15) is 17.2 Å². The lowest BCUT2D eigenvalue weighted by Crippen LogP contribution is -2.10. The van der Waals surface area contributed by atoms with Gasteiger partial charge in [-0.25, -0.2) is 9.97 Å². The number of rotatable bonds is 5. The molecule has 0 atom stereocenters. The Bertz CT molecular complexity index is 1330. The van der Waals surface area contributed by atoms with Gasteiger partial charge in [-0.3, -0.25) is 15.0 Å². The number of benzene rings is 2. The number of nitrogens with one attached hydrogen (secondary N) is 2. The number of aromatic amines is 1. The summed E-state index contributed by atoms with van der Waals surface area (Å²) in [7, 11) is 0. The maximum Gasteiger partial charge on any atom is 0.122 e. The summed E-state index contributed by atoms with van der Waals surface area (Å²) in [4.78, 5) is 17.0. The van der Waals surface area contributed by atoms with Crippen molar-refractivity contribution < 1.29 is 0 Å². The van der Waals surface area contributed by atoms with E-state index in [1.807, 2.05) is 48.5 Å². The summed E-state index contributed by atoms with van der Waals surface area (Å²) >= 11 is 0. The lowest BCUT2D eigenvalue weighted by atomic mass is 10.2. The first-order valence-corrected chi connectivity index (χ1v) is 9.39. The third-order valence-corrected chi connectivity index (χ3v) is 4.98. The highest BCUT2D eigenvalue weighted by Gasteiger charge is 2.13. The molecule has 0 saturated carbocycles. The van der Waals surface area contributed by atoms with Gasteiger partial charge in [0, 0.05) is 30.8 Å². The van der Waals surface area contributed by atoms with Crippen molar-refractivity contribution in [2.75, 3.05) is 0 Å². The minimum absolute atomic E-state index is 0.0440. The smallest absolute Gasteiger partial charge is 0.122 e. The number of nitrogen functional groups attached to an aromatic ring is 1. The quantitative estimate of drug-likeness (QED) is 0.320. The average Bonchev–Trinajstić information content (AvgIpc) is 3.32. The molecule has 0 aliphatic rings. The third kappa shape index (κ3) is 3.12. The van der Waals surface area contributed by atoms with Crippen LogP contribution in [0.2, 0.25) is 0 Å². The Morgan fingerprint density at radius 1 is 0.966 bits per heavy atom. The van der Waals surface area contributed by atoms with E-state index in [-0.39, 0.29) is 5.84 Å². The number of amidine groups is 1. The second-order valence-electron chi connectivity index (χ2n) is 6.89. The molecule has 0 bridgehead atoms. The highest BCUT2D eigenvalue weighted by molar-refractivity contribution is 5.97. The summed E-state index contributed by atoms with van der Waals surface area (Å²) in [5, 5.41) is 7.59. The number of hydrogen-bond donors (Lipinski definition) is 3. The van der Waals surface area contributed by atoms with Crippen molar-refractivity contribution >= 4 is 27.9 Å². The van der Waals surface area contributed by atoms with E-state index in [2.05, 4.69) is 25.6 Å². The molecule has 0 spiro atoms. The number of nitrogens with zero attached hydrogens (tertiary/aromatic N) is 4. The highest BCUT2D eigenvalue weighted by atomic mass is 15.1. The van der Waals surface area contributed by atoms with E-state index in [9.17, 15) is 0 Å².